The number of ether oxygens (including phenoxy) is 2. The molecule has 0 aromatic heterocycles. The second-order valence-electron chi connectivity index (χ2n) is 13.4. The monoisotopic (exact) mass is 571 g/mol. The molecule has 6 aliphatic rings. The molecule has 6 nitrogen and oxygen atoms in total. The number of hydrogen-bond acceptors (Lipinski definition) is 4. The Morgan fingerprint density at radius 3 is 2.66 bits per heavy atom. The Kier molecular flexibility index (Phi) is 6.10. The molecule has 2 saturated carbocycles. The van der Waals surface area contributed by atoms with Crippen molar-refractivity contribution in [2.75, 3.05) is 20.1 Å². The highest BCUT2D eigenvalue weighted by molar-refractivity contribution is 5.99. The summed E-state index contributed by atoms with van der Waals surface area (Å²) in [5, 5.41) is 14.5. The molecule has 2 aliphatic heterocycles. The maximum absolute atomic E-state index is 13.5. The summed E-state index contributed by atoms with van der Waals surface area (Å²) >= 11 is 0. The average molecular weight is 572 g/mol. The van der Waals surface area contributed by atoms with Crippen molar-refractivity contribution < 1.29 is 37.0 Å². The maximum Gasteiger partial charge on any atom is 0.573 e. The number of piperidine rings is 1. The molecule has 9 heteroatoms. The van der Waals surface area contributed by atoms with Crippen molar-refractivity contribution >= 4 is 11.5 Å². The minimum atomic E-state index is -5.08. The van der Waals surface area contributed by atoms with Crippen LogP contribution < -0.4 is 5.32 Å². The molecule has 7 atom stereocenters. The van der Waals surface area contributed by atoms with Crippen molar-refractivity contribution in [2.45, 2.75) is 82.2 Å². The van der Waals surface area contributed by atoms with E-state index in [-0.39, 0.29) is 17.1 Å². The van der Waals surface area contributed by atoms with E-state index in [1.54, 1.807) is 30.3 Å². The normalized spacial score (nSPS) is 39.7. The van der Waals surface area contributed by atoms with Crippen molar-refractivity contribution in [3.63, 3.8) is 0 Å². The van der Waals surface area contributed by atoms with Crippen LogP contribution in [0.2, 0.25) is 0 Å². The lowest BCUT2D eigenvalue weighted by atomic mass is 9.50. The van der Waals surface area contributed by atoms with E-state index in [1.807, 2.05) is 6.08 Å². The first-order valence-electron chi connectivity index (χ1n) is 14.9. The van der Waals surface area contributed by atoms with E-state index in [0.29, 0.717) is 17.5 Å². The molecule has 41 heavy (non-hydrogen) atoms. The molecule has 1 aromatic rings. The number of benzene rings is 1. The van der Waals surface area contributed by atoms with Gasteiger partial charge in [0, 0.05) is 35.7 Å². The largest absolute Gasteiger partial charge is 0.573 e. The second-order valence-corrected chi connectivity index (χ2v) is 13.4. The molecule has 2 N–H and O–H groups in total. The predicted molar refractivity (Wildman–Crippen MR) is 146 cm³/mol. The number of nitrogens with zero attached hydrogens (tertiary/aromatic N) is 1. The third kappa shape index (κ3) is 4.29. The van der Waals surface area contributed by atoms with Crippen molar-refractivity contribution in [1.29, 1.82) is 0 Å². The Morgan fingerprint density at radius 1 is 1.20 bits per heavy atom. The summed E-state index contributed by atoms with van der Waals surface area (Å²) in [5.41, 5.74) is 0.461. The van der Waals surface area contributed by atoms with Crippen LogP contribution in [0.3, 0.4) is 0 Å². The molecule has 3 unspecified atom stereocenters. The Bertz CT molecular complexity index is 1350. The molecule has 4 aliphatic carbocycles. The van der Waals surface area contributed by atoms with Crippen LogP contribution in [0.4, 0.5) is 13.2 Å². The second kappa shape index (κ2) is 9.19. The van der Waals surface area contributed by atoms with E-state index in [4.69, 9.17) is 4.74 Å². The Morgan fingerprint density at radius 2 is 1.95 bits per heavy atom. The number of carbonyl (C=O) groups is 1. The van der Waals surface area contributed by atoms with Gasteiger partial charge < -0.3 is 24.4 Å². The fourth-order valence-corrected chi connectivity index (χ4v) is 9.03. The van der Waals surface area contributed by atoms with Gasteiger partial charge in [0.05, 0.1) is 32.3 Å². The zero-order valence-electron chi connectivity index (χ0n) is 23.5. The van der Waals surface area contributed by atoms with Crippen molar-refractivity contribution in [1.82, 2.24) is 5.32 Å². The van der Waals surface area contributed by atoms with Crippen LogP contribution in [-0.4, -0.2) is 66.0 Å². The number of nitrogens with one attached hydrogen (secondary N) is 1. The summed E-state index contributed by atoms with van der Waals surface area (Å²) in [4.78, 5) is 13.5. The van der Waals surface area contributed by atoms with Gasteiger partial charge in [-0.2, -0.15) is 0 Å². The van der Waals surface area contributed by atoms with Crippen LogP contribution in [0.5, 0.6) is 0 Å². The van der Waals surface area contributed by atoms with Gasteiger partial charge in [-0.05, 0) is 55.4 Å². The third-order valence-corrected chi connectivity index (χ3v) is 11.0. The lowest BCUT2D eigenvalue weighted by Crippen LogP contribution is -2.69. The number of allylic oxidation sites excluding steroid dienone is 2. The molecular weight excluding hydrogens is 533 g/mol. The first kappa shape index (κ1) is 27.2. The number of halogens is 3. The predicted octanol–water partition coefficient (Wildman–Crippen LogP) is 5.21. The van der Waals surface area contributed by atoms with Crippen LogP contribution in [0.25, 0.3) is 5.57 Å². The number of carbonyl (C=O) groups excluding carboxylic acids is 1. The van der Waals surface area contributed by atoms with Gasteiger partial charge in [-0.3, -0.25) is 4.79 Å². The van der Waals surface area contributed by atoms with Gasteiger partial charge in [-0.1, -0.05) is 42.8 Å². The molecule has 4 fully saturated rings. The van der Waals surface area contributed by atoms with E-state index in [0.717, 1.165) is 54.6 Å². The van der Waals surface area contributed by atoms with E-state index in [9.17, 15) is 23.1 Å². The van der Waals surface area contributed by atoms with E-state index < -0.39 is 29.9 Å². The molecule has 2 saturated heterocycles. The van der Waals surface area contributed by atoms with Crippen LogP contribution in [0, 0.1) is 17.3 Å². The highest BCUT2D eigenvalue weighted by Gasteiger charge is 2.70. The first-order valence-corrected chi connectivity index (χ1v) is 14.9. The summed E-state index contributed by atoms with van der Waals surface area (Å²) in [6.45, 7) is 3.67. The van der Waals surface area contributed by atoms with Crippen LogP contribution >= 0.6 is 0 Å². The van der Waals surface area contributed by atoms with Crippen molar-refractivity contribution in [2.24, 2.45) is 17.3 Å². The van der Waals surface area contributed by atoms with Gasteiger partial charge in [0.25, 0.3) is 5.91 Å². The standard InChI is InChI=1S/C32H37F3N2O4/c1-19(21-7-4-3-5-8-21)27(41-32(33,34)35)29(38)36-31(39)14-13-22-17-24-23-9-6-10-25-30(23,26(22)28(31)40-25)15-16-37(24,2)18-20-11-12-20/h3-5,7-8,13-14,20,23-25,28,39H,6,9-12,15-18H2,1-2H3/p+1/t23-,24+,25-,28?,30+,31?,37?/m0/s1. The van der Waals surface area contributed by atoms with Crippen molar-refractivity contribution in [3.8, 4) is 0 Å². The Balaban J connectivity index is 1.23. The van der Waals surface area contributed by atoms with Gasteiger partial charge in [-0.25, -0.2) is 0 Å². The van der Waals surface area contributed by atoms with E-state index in [2.05, 4.69) is 17.1 Å². The molecule has 220 valence electrons. The molecule has 2 heterocycles. The third-order valence-electron chi connectivity index (χ3n) is 11.0. The van der Waals surface area contributed by atoms with E-state index >= 15 is 0 Å². The highest BCUT2D eigenvalue weighted by atomic mass is 19.4. The van der Waals surface area contributed by atoms with Gasteiger partial charge in [-0.15, -0.1) is 13.2 Å². The lowest BCUT2D eigenvalue weighted by molar-refractivity contribution is -0.947. The Labute approximate surface area is 238 Å². The number of hydrogen-bond donors (Lipinski definition) is 2. The zero-order chi connectivity index (χ0) is 28.8. The topological polar surface area (TPSA) is 67.8 Å². The van der Waals surface area contributed by atoms with Gasteiger partial charge in [0.1, 0.15) is 6.10 Å². The molecule has 1 amide bonds. The van der Waals surface area contributed by atoms with Crippen LogP contribution in [0.15, 0.2) is 59.4 Å². The number of amides is 1. The molecular formula is C32H38F3N2O4+. The molecule has 7 rings (SSSR count). The van der Waals surface area contributed by atoms with Gasteiger partial charge in [0.2, 0.25) is 0 Å². The van der Waals surface area contributed by atoms with Crippen molar-refractivity contribution in [3.05, 3.63) is 65.0 Å². The number of quaternary nitrogens is 1. The smallest absolute Gasteiger partial charge is 0.400 e. The lowest BCUT2D eigenvalue weighted by Gasteiger charge is -2.61. The summed E-state index contributed by atoms with van der Waals surface area (Å²) in [7, 11) is 2.42. The molecule has 1 spiro atoms. The average Bonchev–Trinajstić information content (AvgIpc) is 3.67. The summed E-state index contributed by atoms with van der Waals surface area (Å²) in [5.74, 6) is -0.790. The summed E-state index contributed by atoms with van der Waals surface area (Å²) < 4.78 is 52.4. The quantitative estimate of drug-likeness (QED) is 0.213. The van der Waals surface area contributed by atoms with Gasteiger partial charge >= 0.3 is 6.36 Å². The summed E-state index contributed by atoms with van der Waals surface area (Å²) in [6, 6.07) is 8.78. The SMILES string of the molecule is CC(=C(OC(F)(F)F)C(=O)NC1(O)C=CC2=C3C1O[C@H]1CCC[C@H]4[C@@H](C2)[N+](C)(CC2CC2)CC[C@]314)c1ccccc1. The fraction of sp³-hybridized carbons (Fsp3) is 0.594. The number of aliphatic hydroxyl groups is 1. The maximum atomic E-state index is 13.5. The minimum Gasteiger partial charge on any atom is -0.400 e. The summed E-state index contributed by atoms with van der Waals surface area (Å²) in [6.07, 6.45) is 4.94. The molecule has 2 bridgehead atoms. The van der Waals surface area contributed by atoms with Crippen LogP contribution in [0.1, 0.15) is 57.4 Å². The first-order chi connectivity index (χ1) is 19.4. The number of rotatable bonds is 6. The number of likely N-dealkylation sites (tertiary alicyclic amines) is 1. The van der Waals surface area contributed by atoms with E-state index in [1.165, 1.54) is 38.0 Å². The van der Waals surface area contributed by atoms with Gasteiger partial charge in [0.15, 0.2) is 11.5 Å². The minimum absolute atomic E-state index is 0.0175. The molecule has 1 aromatic carbocycles. The highest BCUT2D eigenvalue weighted by Crippen LogP contribution is 2.67. The molecule has 0 radical (unpaired) electrons. The Hall–Kier alpha value is -2.62. The van der Waals surface area contributed by atoms with Crippen LogP contribution in [-0.2, 0) is 14.3 Å². The zero-order valence-corrected chi connectivity index (χ0v) is 23.5. The fourth-order valence-electron chi connectivity index (χ4n) is 9.03. The number of alkyl halides is 3.